The zero-order valence-electron chi connectivity index (χ0n) is 14.0. The molecule has 0 saturated carbocycles. The summed E-state index contributed by atoms with van der Waals surface area (Å²) in [6.45, 7) is 6.55. The molecule has 0 amide bonds. The van der Waals surface area contributed by atoms with E-state index in [2.05, 4.69) is 27.8 Å². The van der Waals surface area contributed by atoms with Crippen molar-refractivity contribution in [2.45, 2.75) is 19.4 Å². The van der Waals surface area contributed by atoms with Gasteiger partial charge in [-0.2, -0.15) is 0 Å². The van der Waals surface area contributed by atoms with Crippen LogP contribution in [0.3, 0.4) is 0 Å². The van der Waals surface area contributed by atoms with E-state index in [1.807, 2.05) is 24.3 Å². The highest BCUT2D eigenvalue weighted by molar-refractivity contribution is 6.30. The third kappa shape index (κ3) is 5.26. The van der Waals surface area contributed by atoms with Crippen molar-refractivity contribution in [3.63, 3.8) is 0 Å². The largest absolute Gasteiger partial charge is 0.492 e. The Labute approximate surface area is 148 Å². The van der Waals surface area contributed by atoms with Crippen LogP contribution in [-0.4, -0.2) is 48.9 Å². The maximum Gasteiger partial charge on any atom is 0.119 e. The summed E-state index contributed by atoms with van der Waals surface area (Å²) in [5, 5.41) is 0.732. The monoisotopic (exact) mass is 348 g/mol. The first-order chi connectivity index (χ1) is 11.8. The van der Waals surface area contributed by atoms with E-state index in [-0.39, 0.29) is 0 Å². The van der Waals surface area contributed by atoms with E-state index in [0.29, 0.717) is 6.61 Å². The van der Waals surface area contributed by atoms with Gasteiger partial charge in [0.15, 0.2) is 0 Å². The average Bonchev–Trinajstić information content (AvgIpc) is 3.05. The molecule has 24 heavy (non-hydrogen) atoms. The Morgan fingerprint density at radius 3 is 2.62 bits per heavy atom. The summed E-state index contributed by atoms with van der Waals surface area (Å²) in [6.07, 6.45) is 4.42. The molecule has 0 bridgehead atoms. The third-order valence-corrected chi connectivity index (χ3v) is 4.60. The number of ether oxygens (including phenoxy) is 2. The summed E-state index contributed by atoms with van der Waals surface area (Å²) in [5.74, 6) is 0.862. The van der Waals surface area contributed by atoms with Crippen molar-refractivity contribution in [3.8, 4) is 5.75 Å². The zero-order chi connectivity index (χ0) is 16.6. The maximum atomic E-state index is 5.88. The van der Waals surface area contributed by atoms with Crippen LogP contribution in [0, 0.1) is 0 Å². The average molecular weight is 349 g/mol. The number of aromatic nitrogens is 1. The van der Waals surface area contributed by atoms with E-state index in [0.717, 1.165) is 56.6 Å². The topological polar surface area (TPSA) is 26.6 Å². The molecule has 1 fully saturated rings. The van der Waals surface area contributed by atoms with Crippen LogP contribution in [0.15, 0.2) is 42.6 Å². The van der Waals surface area contributed by atoms with E-state index in [1.165, 1.54) is 12.1 Å². The first-order valence-electron chi connectivity index (χ1n) is 8.64. The summed E-state index contributed by atoms with van der Waals surface area (Å²) in [5.41, 5.74) is 1.38. The van der Waals surface area contributed by atoms with Crippen molar-refractivity contribution in [3.05, 3.63) is 53.3 Å². The summed E-state index contributed by atoms with van der Waals surface area (Å²) in [7, 11) is 0. The van der Waals surface area contributed by atoms with E-state index in [9.17, 15) is 0 Å². The van der Waals surface area contributed by atoms with Crippen molar-refractivity contribution >= 4 is 11.6 Å². The summed E-state index contributed by atoms with van der Waals surface area (Å²) < 4.78 is 13.5. The lowest BCUT2D eigenvalue weighted by Gasteiger charge is -2.26. The smallest absolute Gasteiger partial charge is 0.119 e. The third-order valence-electron chi connectivity index (χ3n) is 4.35. The second kappa shape index (κ2) is 9.11. The van der Waals surface area contributed by atoms with Gasteiger partial charge >= 0.3 is 0 Å². The molecule has 0 aliphatic carbocycles. The Hall–Kier alpha value is -1.49. The van der Waals surface area contributed by atoms with Gasteiger partial charge in [-0.25, -0.2) is 0 Å². The fraction of sp³-hybridized carbons (Fsp3) is 0.474. The SMILES string of the molecule is Clc1ccc(OCCn2cccc2CCCN2CCOCC2)cc1. The van der Waals surface area contributed by atoms with E-state index in [4.69, 9.17) is 21.1 Å². The zero-order valence-corrected chi connectivity index (χ0v) is 14.8. The second-order valence-corrected chi connectivity index (χ2v) is 6.49. The molecule has 1 aliphatic rings. The number of hydrogen-bond donors (Lipinski definition) is 0. The van der Waals surface area contributed by atoms with Gasteiger partial charge in [0.2, 0.25) is 0 Å². The number of hydrogen-bond acceptors (Lipinski definition) is 3. The van der Waals surface area contributed by atoms with E-state index in [1.54, 1.807) is 0 Å². The molecule has 1 aromatic heterocycles. The fourth-order valence-corrected chi connectivity index (χ4v) is 3.12. The highest BCUT2D eigenvalue weighted by Crippen LogP contribution is 2.15. The lowest BCUT2D eigenvalue weighted by Crippen LogP contribution is -2.37. The van der Waals surface area contributed by atoms with Gasteiger partial charge in [-0.3, -0.25) is 4.90 Å². The minimum absolute atomic E-state index is 0.660. The normalized spacial score (nSPS) is 15.5. The Morgan fingerprint density at radius 1 is 1.04 bits per heavy atom. The van der Waals surface area contributed by atoms with E-state index < -0.39 is 0 Å². The Bertz CT molecular complexity index is 606. The lowest BCUT2D eigenvalue weighted by atomic mass is 10.2. The number of nitrogens with zero attached hydrogens (tertiary/aromatic N) is 2. The Morgan fingerprint density at radius 2 is 1.83 bits per heavy atom. The lowest BCUT2D eigenvalue weighted by molar-refractivity contribution is 0.0374. The number of benzene rings is 1. The predicted octanol–water partition coefficient (Wildman–Crippen LogP) is 3.49. The fourth-order valence-electron chi connectivity index (χ4n) is 3.00. The number of aryl methyl sites for hydroxylation is 1. The first-order valence-corrected chi connectivity index (χ1v) is 9.01. The highest BCUT2D eigenvalue weighted by atomic mass is 35.5. The number of rotatable bonds is 8. The molecule has 0 unspecified atom stereocenters. The van der Waals surface area contributed by atoms with Crippen molar-refractivity contribution < 1.29 is 9.47 Å². The molecule has 0 spiro atoms. The first kappa shape index (κ1) is 17.3. The van der Waals surface area contributed by atoms with Crippen LogP contribution >= 0.6 is 11.6 Å². The van der Waals surface area contributed by atoms with Gasteiger partial charge in [-0.05, 0) is 55.8 Å². The van der Waals surface area contributed by atoms with Crippen LogP contribution in [0.1, 0.15) is 12.1 Å². The number of halogens is 1. The van der Waals surface area contributed by atoms with Crippen LogP contribution < -0.4 is 4.74 Å². The minimum Gasteiger partial charge on any atom is -0.492 e. The van der Waals surface area contributed by atoms with Gasteiger partial charge in [-0.1, -0.05) is 11.6 Å². The van der Waals surface area contributed by atoms with Crippen LogP contribution in [0.4, 0.5) is 0 Å². The number of morpholine rings is 1. The molecule has 3 rings (SSSR count). The molecule has 0 atom stereocenters. The molecule has 1 saturated heterocycles. The second-order valence-electron chi connectivity index (χ2n) is 6.05. The van der Waals surface area contributed by atoms with E-state index >= 15 is 0 Å². The quantitative estimate of drug-likeness (QED) is 0.730. The summed E-state index contributed by atoms with van der Waals surface area (Å²) in [6, 6.07) is 11.8. The van der Waals surface area contributed by atoms with Crippen LogP contribution in [0.25, 0.3) is 0 Å². The summed E-state index contributed by atoms with van der Waals surface area (Å²) >= 11 is 5.88. The molecule has 1 aliphatic heterocycles. The molecule has 4 nitrogen and oxygen atoms in total. The Kier molecular flexibility index (Phi) is 6.58. The van der Waals surface area contributed by atoms with Crippen molar-refractivity contribution in [2.24, 2.45) is 0 Å². The standard InChI is InChI=1S/C19H25ClN2O2/c20-17-5-7-19(8-6-17)24-16-13-22-10-2-4-18(22)3-1-9-21-11-14-23-15-12-21/h2,4-8,10H,1,3,9,11-16H2. The van der Waals surface area contributed by atoms with Gasteiger partial charge in [0.25, 0.3) is 0 Å². The van der Waals surface area contributed by atoms with Gasteiger partial charge in [0, 0.05) is 30.0 Å². The molecule has 2 heterocycles. The molecule has 0 radical (unpaired) electrons. The minimum atomic E-state index is 0.660. The predicted molar refractivity (Wildman–Crippen MR) is 97.0 cm³/mol. The van der Waals surface area contributed by atoms with Gasteiger partial charge in [-0.15, -0.1) is 0 Å². The highest BCUT2D eigenvalue weighted by Gasteiger charge is 2.10. The maximum absolute atomic E-state index is 5.88. The van der Waals surface area contributed by atoms with Crippen molar-refractivity contribution in [1.82, 2.24) is 9.47 Å². The molecule has 130 valence electrons. The summed E-state index contributed by atoms with van der Waals surface area (Å²) in [4.78, 5) is 2.49. The van der Waals surface area contributed by atoms with Gasteiger partial charge in [0.05, 0.1) is 19.8 Å². The molecular weight excluding hydrogens is 324 g/mol. The van der Waals surface area contributed by atoms with Crippen molar-refractivity contribution in [1.29, 1.82) is 0 Å². The molecule has 0 N–H and O–H groups in total. The van der Waals surface area contributed by atoms with Crippen LogP contribution in [-0.2, 0) is 17.7 Å². The van der Waals surface area contributed by atoms with Gasteiger partial charge in [0.1, 0.15) is 12.4 Å². The Balaban J connectivity index is 1.40. The molecular formula is C19H25ClN2O2. The molecule has 1 aromatic carbocycles. The van der Waals surface area contributed by atoms with Crippen LogP contribution in [0.2, 0.25) is 5.02 Å². The van der Waals surface area contributed by atoms with Crippen molar-refractivity contribution in [2.75, 3.05) is 39.5 Å². The van der Waals surface area contributed by atoms with Gasteiger partial charge < -0.3 is 14.0 Å². The molecule has 2 aromatic rings. The molecule has 5 heteroatoms. The van der Waals surface area contributed by atoms with Crippen LogP contribution in [0.5, 0.6) is 5.75 Å².